The third-order valence-corrected chi connectivity index (χ3v) is 4.35. The van der Waals surface area contributed by atoms with Gasteiger partial charge in [0, 0.05) is 5.41 Å². The maximum absolute atomic E-state index is 4.03. The van der Waals surface area contributed by atoms with Crippen molar-refractivity contribution in [2.45, 2.75) is 25.2 Å². The second kappa shape index (κ2) is 6.19. The van der Waals surface area contributed by atoms with E-state index in [9.17, 15) is 0 Å². The Morgan fingerprint density at radius 1 is 0.955 bits per heavy atom. The van der Waals surface area contributed by atoms with Crippen LogP contribution in [0.2, 0.25) is 0 Å². The molecule has 22 heavy (non-hydrogen) atoms. The molecule has 0 aliphatic heterocycles. The fourth-order valence-corrected chi connectivity index (χ4v) is 3.22. The second-order valence-corrected chi connectivity index (χ2v) is 6.15. The van der Waals surface area contributed by atoms with Crippen molar-refractivity contribution in [3.8, 4) is 0 Å². The molecule has 0 nitrogen and oxygen atoms in total. The highest BCUT2D eigenvalue weighted by Gasteiger charge is 2.32. The molecule has 1 aliphatic carbocycles. The molecule has 0 saturated heterocycles. The van der Waals surface area contributed by atoms with Crippen LogP contribution in [0.5, 0.6) is 0 Å². The van der Waals surface area contributed by atoms with Gasteiger partial charge >= 0.3 is 0 Å². The van der Waals surface area contributed by atoms with E-state index in [2.05, 4.69) is 92.4 Å². The summed E-state index contributed by atoms with van der Waals surface area (Å²) in [4.78, 5) is 0. The molecule has 0 bridgehead atoms. The maximum Gasteiger partial charge on any atom is 0.0419 e. The molecule has 0 aromatic heterocycles. The van der Waals surface area contributed by atoms with Crippen LogP contribution >= 0.6 is 0 Å². The molecule has 0 spiro atoms. The summed E-state index contributed by atoms with van der Waals surface area (Å²) in [5, 5.41) is 0. The second-order valence-electron chi connectivity index (χ2n) is 6.15. The Morgan fingerprint density at radius 3 is 1.91 bits per heavy atom. The summed E-state index contributed by atoms with van der Waals surface area (Å²) in [6.45, 7) is 6.12. The average Bonchev–Trinajstić information content (AvgIpc) is 2.57. The monoisotopic (exact) mass is 286 g/mol. The molecule has 0 radical (unpaired) electrons. The molecule has 0 heteroatoms. The van der Waals surface area contributed by atoms with E-state index in [-0.39, 0.29) is 5.41 Å². The van der Waals surface area contributed by atoms with Crippen LogP contribution in [-0.4, -0.2) is 0 Å². The minimum absolute atomic E-state index is 0.0545. The molecular formula is C22H22. The molecule has 0 fully saturated rings. The highest BCUT2D eigenvalue weighted by Crippen LogP contribution is 2.40. The molecule has 0 atom stereocenters. The van der Waals surface area contributed by atoms with Crippen LogP contribution in [0.1, 0.15) is 30.9 Å². The lowest BCUT2D eigenvalue weighted by Crippen LogP contribution is -2.26. The average molecular weight is 286 g/mol. The number of hydrogen-bond acceptors (Lipinski definition) is 0. The maximum atomic E-state index is 4.03. The molecule has 0 N–H and O–H groups in total. The molecule has 110 valence electrons. The van der Waals surface area contributed by atoms with Crippen molar-refractivity contribution >= 4 is 0 Å². The molecule has 1 aliphatic rings. The highest BCUT2D eigenvalue weighted by atomic mass is 14.3. The minimum atomic E-state index is -0.0545. The normalized spacial score (nSPS) is 16.1. The summed E-state index contributed by atoms with van der Waals surface area (Å²) in [5.41, 5.74) is 5.23. The van der Waals surface area contributed by atoms with E-state index in [1.807, 2.05) is 0 Å². The fourth-order valence-electron chi connectivity index (χ4n) is 3.22. The van der Waals surface area contributed by atoms with Crippen molar-refractivity contribution < 1.29 is 0 Å². The fraction of sp³-hybridized carbons (Fsp3) is 0.182. The van der Waals surface area contributed by atoms with Gasteiger partial charge in [-0.15, -0.1) is 0 Å². The van der Waals surface area contributed by atoms with Gasteiger partial charge in [0.15, 0.2) is 0 Å². The van der Waals surface area contributed by atoms with Crippen LogP contribution < -0.4 is 0 Å². The summed E-state index contributed by atoms with van der Waals surface area (Å²) < 4.78 is 0. The van der Waals surface area contributed by atoms with E-state index in [4.69, 9.17) is 0 Å². The zero-order valence-electron chi connectivity index (χ0n) is 13.1. The molecule has 0 saturated carbocycles. The first-order valence-corrected chi connectivity index (χ1v) is 7.84. The molecule has 0 unspecified atom stereocenters. The van der Waals surface area contributed by atoms with Crippen LogP contribution in [0, 0.1) is 0 Å². The van der Waals surface area contributed by atoms with E-state index in [1.165, 1.54) is 22.3 Å². The van der Waals surface area contributed by atoms with Gasteiger partial charge in [0.2, 0.25) is 0 Å². The third kappa shape index (κ3) is 2.82. The quantitative estimate of drug-likeness (QED) is 0.621. The van der Waals surface area contributed by atoms with Crippen LogP contribution in [0.3, 0.4) is 0 Å². The Kier molecular flexibility index (Phi) is 4.11. The largest absolute Gasteiger partial charge is 0.0998 e. The summed E-state index contributed by atoms with van der Waals surface area (Å²) in [6, 6.07) is 21.6. The lowest BCUT2D eigenvalue weighted by Gasteiger charge is -2.34. The van der Waals surface area contributed by atoms with Gasteiger partial charge in [0.25, 0.3) is 0 Å². The Morgan fingerprint density at radius 2 is 1.50 bits per heavy atom. The van der Waals surface area contributed by atoms with Gasteiger partial charge in [-0.1, -0.05) is 91.0 Å². The van der Waals surface area contributed by atoms with Crippen molar-refractivity contribution in [1.82, 2.24) is 0 Å². The topological polar surface area (TPSA) is 0 Å². The van der Waals surface area contributed by atoms with Gasteiger partial charge in [0.1, 0.15) is 0 Å². The van der Waals surface area contributed by atoms with Gasteiger partial charge in [-0.25, -0.2) is 0 Å². The number of allylic oxidation sites excluding steroid dienone is 5. The van der Waals surface area contributed by atoms with Gasteiger partial charge < -0.3 is 0 Å². The summed E-state index contributed by atoms with van der Waals surface area (Å²) in [7, 11) is 0. The van der Waals surface area contributed by atoms with Gasteiger partial charge in [0.05, 0.1) is 0 Å². The molecule has 2 aromatic rings. The molecule has 0 amide bonds. The standard InChI is InChI=1S/C22H22/c1-18(2)17-19-13-15-22(16-14-19,20-9-5-3-6-10-20)21-11-7-4-8-12-21/h3-15H,1,16-17H2,2H3. The number of hydrogen-bond donors (Lipinski definition) is 0. The predicted octanol–water partition coefficient (Wildman–Crippen LogP) is 5.83. The SMILES string of the molecule is C=C(C)CC1=CCC(c2ccccc2)(c2ccccc2)C=C1. The minimum Gasteiger partial charge on any atom is -0.0998 e. The van der Waals surface area contributed by atoms with Gasteiger partial charge in [-0.05, 0) is 36.5 Å². The molecular weight excluding hydrogens is 264 g/mol. The van der Waals surface area contributed by atoms with Gasteiger partial charge in [-0.2, -0.15) is 0 Å². The molecule has 3 rings (SSSR count). The van der Waals surface area contributed by atoms with E-state index in [0.717, 1.165) is 12.8 Å². The lowest BCUT2D eigenvalue weighted by molar-refractivity contribution is 0.642. The van der Waals surface area contributed by atoms with Crippen LogP contribution in [0.25, 0.3) is 0 Å². The number of rotatable bonds is 4. The van der Waals surface area contributed by atoms with E-state index in [0.29, 0.717) is 0 Å². The van der Waals surface area contributed by atoms with Crippen LogP contribution in [0.15, 0.2) is 96.6 Å². The summed E-state index contributed by atoms with van der Waals surface area (Å²) >= 11 is 0. The van der Waals surface area contributed by atoms with Crippen LogP contribution in [-0.2, 0) is 5.41 Å². The molecule has 0 heterocycles. The first kappa shape index (κ1) is 14.6. The lowest BCUT2D eigenvalue weighted by atomic mass is 9.69. The zero-order valence-corrected chi connectivity index (χ0v) is 13.1. The van der Waals surface area contributed by atoms with Crippen molar-refractivity contribution in [3.63, 3.8) is 0 Å². The first-order valence-electron chi connectivity index (χ1n) is 7.84. The van der Waals surface area contributed by atoms with Crippen molar-refractivity contribution in [2.75, 3.05) is 0 Å². The molecule has 2 aromatic carbocycles. The van der Waals surface area contributed by atoms with Crippen molar-refractivity contribution in [3.05, 3.63) is 108 Å². The summed E-state index contributed by atoms with van der Waals surface area (Å²) in [6.07, 6.45) is 8.99. The Labute approximate surface area is 133 Å². The smallest absolute Gasteiger partial charge is 0.0419 e. The van der Waals surface area contributed by atoms with E-state index >= 15 is 0 Å². The Balaban J connectivity index is 2.03. The van der Waals surface area contributed by atoms with E-state index < -0.39 is 0 Å². The predicted molar refractivity (Wildman–Crippen MR) is 94.9 cm³/mol. The van der Waals surface area contributed by atoms with Gasteiger partial charge in [-0.3, -0.25) is 0 Å². The van der Waals surface area contributed by atoms with Crippen molar-refractivity contribution in [2.24, 2.45) is 0 Å². The Bertz CT molecular complexity index is 663. The van der Waals surface area contributed by atoms with Crippen molar-refractivity contribution in [1.29, 1.82) is 0 Å². The summed E-state index contributed by atoms with van der Waals surface area (Å²) in [5.74, 6) is 0. The third-order valence-electron chi connectivity index (χ3n) is 4.35. The number of benzene rings is 2. The van der Waals surface area contributed by atoms with E-state index in [1.54, 1.807) is 0 Å². The Hall–Kier alpha value is -2.34. The van der Waals surface area contributed by atoms with Crippen LogP contribution in [0.4, 0.5) is 0 Å². The first-order chi connectivity index (χ1) is 10.7. The zero-order chi connectivity index (χ0) is 15.4. The highest BCUT2D eigenvalue weighted by molar-refractivity contribution is 5.49.